The number of carbonyl (C=O) groups excluding carboxylic acids is 1. The van der Waals surface area contributed by atoms with Crippen molar-refractivity contribution in [3.05, 3.63) is 102 Å². The Morgan fingerprint density at radius 1 is 0.857 bits per heavy atom. The van der Waals surface area contributed by atoms with Gasteiger partial charge in [0.2, 0.25) is 5.91 Å². The number of benzene rings is 3. The Kier molecular flexibility index (Phi) is 7.91. The molecule has 0 aromatic heterocycles. The Labute approximate surface area is 209 Å². The van der Waals surface area contributed by atoms with Crippen molar-refractivity contribution in [3.8, 4) is 0 Å². The number of rotatable bonds is 9. The highest BCUT2D eigenvalue weighted by Crippen LogP contribution is 2.31. The molecule has 1 unspecified atom stereocenters. The van der Waals surface area contributed by atoms with Gasteiger partial charge in [-0.25, -0.2) is 8.42 Å². The molecule has 0 N–H and O–H groups in total. The number of hydrogen-bond donors (Lipinski definition) is 0. The molecule has 3 aromatic carbocycles. The van der Waals surface area contributed by atoms with Crippen LogP contribution in [0.5, 0.6) is 0 Å². The Balaban J connectivity index is 1.69. The van der Waals surface area contributed by atoms with E-state index < -0.39 is 15.8 Å². The lowest BCUT2D eigenvalue weighted by atomic mass is 9.89. The molecule has 1 aliphatic rings. The molecule has 4 rings (SSSR count). The van der Waals surface area contributed by atoms with Crippen molar-refractivity contribution in [2.24, 2.45) is 0 Å². The van der Waals surface area contributed by atoms with Crippen LogP contribution in [-0.4, -0.2) is 49.9 Å². The molecule has 0 spiro atoms. The second kappa shape index (κ2) is 11.1. The van der Waals surface area contributed by atoms with E-state index in [0.717, 1.165) is 35.5 Å². The molecule has 1 atom stereocenters. The Hall–Kier alpha value is -3.12. The van der Waals surface area contributed by atoms with Crippen LogP contribution < -0.4 is 4.90 Å². The van der Waals surface area contributed by atoms with Crippen LogP contribution in [0.25, 0.3) is 0 Å². The van der Waals surface area contributed by atoms with Crippen molar-refractivity contribution in [1.29, 1.82) is 0 Å². The van der Waals surface area contributed by atoms with E-state index in [-0.39, 0.29) is 23.5 Å². The Morgan fingerprint density at radius 2 is 1.40 bits per heavy atom. The van der Waals surface area contributed by atoms with Gasteiger partial charge in [0, 0.05) is 31.4 Å². The number of carbonyl (C=O) groups is 1. The van der Waals surface area contributed by atoms with Crippen LogP contribution >= 0.6 is 0 Å². The van der Waals surface area contributed by atoms with Gasteiger partial charge in [0.25, 0.3) is 0 Å². The molecule has 1 heterocycles. The van der Waals surface area contributed by atoms with Crippen LogP contribution in [0.15, 0.2) is 84.9 Å². The lowest BCUT2D eigenvalue weighted by molar-refractivity contribution is -0.134. The second-order valence-corrected chi connectivity index (χ2v) is 11.3. The standard InChI is InChI=1S/C29H34N2O3S/c1-3-30(4-2)26-17-15-23(16-18-26)21-31(27-19-20-35(33,34)22-27)29(32)28(24-11-7-5-8-12-24)25-13-9-6-10-14-25/h5-18,27-28H,3-4,19-22H2,1-2H3. The molecule has 0 radical (unpaired) electrons. The van der Waals surface area contributed by atoms with Crippen LogP contribution in [0.2, 0.25) is 0 Å². The number of sulfone groups is 1. The predicted molar refractivity (Wildman–Crippen MR) is 142 cm³/mol. The molecule has 3 aromatic rings. The molecular weight excluding hydrogens is 456 g/mol. The first-order valence-electron chi connectivity index (χ1n) is 12.4. The highest BCUT2D eigenvalue weighted by atomic mass is 32.2. The molecular formula is C29H34N2O3S. The third kappa shape index (κ3) is 5.93. The van der Waals surface area contributed by atoms with E-state index in [2.05, 4.69) is 43.0 Å². The number of nitrogens with zero attached hydrogens (tertiary/aromatic N) is 2. The topological polar surface area (TPSA) is 57.7 Å². The molecule has 0 aliphatic carbocycles. The normalized spacial score (nSPS) is 16.8. The molecule has 35 heavy (non-hydrogen) atoms. The third-order valence-corrected chi connectivity index (χ3v) is 8.61. The first kappa shape index (κ1) is 25.0. The molecule has 5 nitrogen and oxygen atoms in total. The van der Waals surface area contributed by atoms with Crippen molar-refractivity contribution in [2.75, 3.05) is 29.5 Å². The van der Waals surface area contributed by atoms with Gasteiger partial charge in [-0.05, 0) is 49.1 Å². The first-order valence-corrected chi connectivity index (χ1v) is 14.2. The average molecular weight is 491 g/mol. The van der Waals surface area contributed by atoms with E-state index in [1.54, 1.807) is 0 Å². The minimum Gasteiger partial charge on any atom is -0.372 e. The summed E-state index contributed by atoms with van der Waals surface area (Å²) in [6.07, 6.45) is 0.474. The van der Waals surface area contributed by atoms with Crippen molar-refractivity contribution in [1.82, 2.24) is 4.90 Å². The maximum absolute atomic E-state index is 14.2. The van der Waals surface area contributed by atoms with Gasteiger partial charge >= 0.3 is 0 Å². The Morgan fingerprint density at radius 3 is 1.86 bits per heavy atom. The monoisotopic (exact) mass is 490 g/mol. The van der Waals surface area contributed by atoms with E-state index in [1.165, 1.54) is 0 Å². The largest absolute Gasteiger partial charge is 0.372 e. The van der Waals surface area contributed by atoms with Crippen LogP contribution in [0, 0.1) is 0 Å². The fourth-order valence-corrected chi connectivity index (χ4v) is 6.67. The Bertz CT molecular complexity index is 1170. The van der Waals surface area contributed by atoms with Crippen molar-refractivity contribution < 1.29 is 13.2 Å². The minimum atomic E-state index is -3.15. The molecule has 1 amide bonds. The zero-order valence-electron chi connectivity index (χ0n) is 20.5. The highest BCUT2D eigenvalue weighted by molar-refractivity contribution is 7.91. The third-order valence-electron chi connectivity index (χ3n) is 6.86. The summed E-state index contributed by atoms with van der Waals surface area (Å²) in [4.78, 5) is 18.3. The fraction of sp³-hybridized carbons (Fsp3) is 0.345. The van der Waals surface area contributed by atoms with Crippen LogP contribution in [0.3, 0.4) is 0 Å². The van der Waals surface area contributed by atoms with Gasteiger partial charge in [-0.1, -0.05) is 72.8 Å². The lowest BCUT2D eigenvalue weighted by Crippen LogP contribution is -2.43. The van der Waals surface area contributed by atoms with Crippen molar-refractivity contribution in [2.45, 2.75) is 38.8 Å². The van der Waals surface area contributed by atoms with Gasteiger partial charge in [0.05, 0.1) is 17.4 Å². The van der Waals surface area contributed by atoms with Gasteiger partial charge in [-0.3, -0.25) is 4.79 Å². The summed E-state index contributed by atoms with van der Waals surface area (Å²) < 4.78 is 24.7. The van der Waals surface area contributed by atoms with Crippen LogP contribution in [-0.2, 0) is 21.2 Å². The summed E-state index contributed by atoms with van der Waals surface area (Å²) in [6, 6.07) is 27.5. The fourth-order valence-electron chi connectivity index (χ4n) is 4.94. The predicted octanol–water partition coefficient (Wildman–Crippen LogP) is 4.88. The number of amides is 1. The lowest BCUT2D eigenvalue weighted by Gasteiger charge is -2.32. The van der Waals surface area contributed by atoms with Crippen molar-refractivity contribution in [3.63, 3.8) is 0 Å². The van der Waals surface area contributed by atoms with Gasteiger partial charge in [0.1, 0.15) is 0 Å². The van der Waals surface area contributed by atoms with E-state index in [4.69, 9.17) is 0 Å². The maximum Gasteiger partial charge on any atom is 0.235 e. The van der Waals surface area contributed by atoms with E-state index in [9.17, 15) is 13.2 Å². The van der Waals surface area contributed by atoms with Crippen LogP contribution in [0.1, 0.15) is 42.9 Å². The quantitative estimate of drug-likeness (QED) is 0.429. The van der Waals surface area contributed by atoms with Crippen LogP contribution in [0.4, 0.5) is 5.69 Å². The molecule has 1 saturated heterocycles. The zero-order valence-corrected chi connectivity index (χ0v) is 21.3. The molecule has 6 heteroatoms. The SMILES string of the molecule is CCN(CC)c1ccc(CN(C(=O)C(c2ccccc2)c2ccccc2)C2CCS(=O)(=O)C2)cc1. The maximum atomic E-state index is 14.2. The van der Waals surface area contributed by atoms with Gasteiger partial charge < -0.3 is 9.80 Å². The second-order valence-electron chi connectivity index (χ2n) is 9.12. The van der Waals surface area contributed by atoms with Gasteiger partial charge in [-0.15, -0.1) is 0 Å². The summed E-state index contributed by atoms with van der Waals surface area (Å²) in [5.41, 5.74) is 3.96. The molecule has 0 saturated carbocycles. The molecule has 0 bridgehead atoms. The molecule has 184 valence electrons. The van der Waals surface area contributed by atoms with Gasteiger partial charge in [0.15, 0.2) is 9.84 Å². The van der Waals surface area contributed by atoms with E-state index in [0.29, 0.717) is 13.0 Å². The minimum absolute atomic E-state index is 0.0204. The summed E-state index contributed by atoms with van der Waals surface area (Å²) in [5, 5.41) is 0. The summed E-state index contributed by atoms with van der Waals surface area (Å²) in [5.74, 6) is -0.399. The van der Waals surface area contributed by atoms with E-state index in [1.807, 2.05) is 65.6 Å². The zero-order chi connectivity index (χ0) is 24.8. The highest BCUT2D eigenvalue weighted by Gasteiger charge is 2.38. The van der Waals surface area contributed by atoms with Crippen molar-refractivity contribution >= 4 is 21.4 Å². The molecule has 1 aliphatic heterocycles. The summed E-state index contributed by atoms with van der Waals surface area (Å²) in [7, 11) is -3.15. The van der Waals surface area contributed by atoms with E-state index >= 15 is 0 Å². The van der Waals surface area contributed by atoms with Gasteiger partial charge in [-0.2, -0.15) is 0 Å². The smallest absolute Gasteiger partial charge is 0.235 e. The summed E-state index contributed by atoms with van der Waals surface area (Å²) >= 11 is 0. The number of anilines is 1. The first-order chi connectivity index (χ1) is 16.9. The number of hydrogen-bond acceptors (Lipinski definition) is 4. The average Bonchev–Trinajstić information content (AvgIpc) is 3.24. The molecule has 1 fully saturated rings. The summed E-state index contributed by atoms with van der Waals surface area (Å²) in [6.45, 7) is 6.50.